The van der Waals surface area contributed by atoms with Crippen LogP contribution in [0.2, 0.25) is 0 Å². The fraction of sp³-hybridized carbons (Fsp3) is 0.152. The van der Waals surface area contributed by atoms with E-state index in [0.717, 1.165) is 50.2 Å². The van der Waals surface area contributed by atoms with Crippen molar-refractivity contribution < 1.29 is 48.0 Å². The molecular weight excluding hydrogens is 1140 g/mol. The van der Waals surface area contributed by atoms with E-state index < -0.39 is 9.85 Å². The van der Waals surface area contributed by atoms with Gasteiger partial charge in [0.1, 0.15) is 34.9 Å². The van der Waals surface area contributed by atoms with Gasteiger partial charge >= 0.3 is 0 Å². The number of nitrogens with one attached hydrogen (secondary N) is 3. The first-order valence-corrected chi connectivity index (χ1v) is 28.1. The molecule has 1 unspecified atom stereocenters. The van der Waals surface area contributed by atoms with Gasteiger partial charge in [-0.15, -0.1) is 0 Å². The van der Waals surface area contributed by atoms with Crippen LogP contribution in [-0.2, 0) is 25.7 Å². The Labute approximate surface area is 504 Å². The van der Waals surface area contributed by atoms with Gasteiger partial charge in [-0.1, -0.05) is 103 Å². The molecule has 0 spiro atoms. The summed E-state index contributed by atoms with van der Waals surface area (Å²) in [5.74, 6) is -0.656. The predicted octanol–water partition coefficient (Wildman–Crippen LogP) is 10.6. The number of carbonyl (C=O) groups excluding carboxylic acids is 4. The normalized spacial score (nSPS) is 13.8. The van der Waals surface area contributed by atoms with E-state index in [1.165, 1.54) is 12.1 Å². The van der Waals surface area contributed by atoms with E-state index in [9.17, 15) is 39.4 Å². The fourth-order valence-corrected chi connectivity index (χ4v) is 12.1. The van der Waals surface area contributed by atoms with Crippen LogP contribution in [0.25, 0.3) is 66.5 Å². The van der Waals surface area contributed by atoms with Gasteiger partial charge in [0.15, 0.2) is 11.6 Å². The van der Waals surface area contributed by atoms with Crippen LogP contribution in [0.1, 0.15) is 86.4 Å². The molecule has 3 aromatic heterocycles. The van der Waals surface area contributed by atoms with E-state index in [4.69, 9.17) is 29.7 Å². The molecule has 442 valence electrons. The molecule has 0 bridgehead atoms. The molecule has 0 radical (unpaired) electrons. The maximum absolute atomic E-state index is 12.9. The van der Waals surface area contributed by atoms with Gasteiger partial charge in [-0.3, -0.25) is 54.6 Å². The summed E-state index contributed by atoms with van der Waals surface area (Å²) in [6, 6.07) is 42.5. The monoisotopic (exact) mass is 1190 g/mol. The number of hydrogen-bond acceptors (Lipinski definition) is 18. The van der Waals surface area contributed by atoms with Gasteiger partial charge in [0.05, 0.1) is 82.3 Å². The Morgan fingerprint density at radius 3 is 1.56 bits per heavy atom. The van der Waals surface area contributed by atoms with Gasteiger partial charge in [0, 0.05) is 111 Å². The molecule has 4 aliphatic carbocycles. The third-order valence-corrected chi connectivity index (χ3v) is 16.1. The fourth-order valence-electron chi connectivity index (χ4n) is 12.1. The molecule has 1 atom stereocenters. The van der Waals surface area contributed by atoms with Crippen molar-refractivity contribution in [2.45, 2.75) is 12.8 Å². The van der Waals surface area contributed by atoms with Gasteiger partial charge in [-0.05, 0) is 35.9 Å². The van der Waals surface area contributed by atoms with Crippen molar-refractivity contribution in [3.63, 3.8) is 0 Å². The Kier molecular flexibility index (Phi) is 14.8. The number of aliphatic imine (C=N–C) groups is 1. The Hall–Kier alpha value is -11.2. The standard InChI is InChI=1S/C19H18N2O3.C18H15N3O5.C15H11N3O.C14H7N3O3/c1-23-8-9-24-10-15-13-6-7-14(20)17-16(13)18(21-15)11-4-2-3-5-12(11)19(17)22;1-25-8-9-26-10-20-13-6-7-14(21(23)24)16-15(13)17(19-20)11-4-2-3-5-12(11)18(16)22;1-16-10-6-7-11-12-13(10)15(19)9-5-3-2-4-8(9)14(12)18-17-11;18-14-8-4-2-1-3-7(8)13-11-9(15-16-13)5-6-10(12(11)14)17(19)20/h2-7,15H,8-10,20H2,1H3;2-7H,8-10H2,1H3;2-7,16H,1H3,(H,17,18);1-6H,(H,15,16). The van der Waals surface area contributed by atoms with Crippen LogP contribution in [0.4, 0.5) is 22.7 Å². The third kappa shape index (κ3) is 9.48. The number of nitro groups is 2. The molecule has 0 amide bonds. The predicted molar refractivity (Wildman–Crippen MR) is 331 cm³/mol. The van der Waals surface area contributed by atoms with E-state index in [1.54, 1.807) is 73.5 Å². The number of nitro benzene ring substituents is 2. The van der Waals surface area contributed by atoms with Crippen molar-refractivity contribution in [3.05, 3.63) is 227 Å². The summed E-state index contributed by atoms with van der Waals surface area (Å²) in [5, 5.41) is 46.6. The van der Waals surface area contributed by atoms with E-state index in [0.29, 0.717) is 116 Å². The van der Waals surface area contributed by atoms with Crippen LogP contribution in [0.15, 0.2) is 151 Å². The number of nitrogens with zero attached hydrogens (tertiary/aromatic N) is 7. The molecule has 1 aliphatic heterocycles. The summed E-state index contributed by atoms with van der Waals surface area (Å²) < 4.78 is 22.8. The Morgan fingerprint density at radius 2 is 1.00 bits per heavy atom. The van der Waals surface area contributed by atoms with Crippen molar-refractivity contribution in [1.82, 2.24) is 30.2 Å². The van der Waals surface area contributed by atoms with Crippen LogP contribution >= 0.6 is 0 Å². The maximum Gasteiger partial charge on any atom is 0.281 e. The van der Waals surface area contributed by atoms with Crippen molar-refractivity contribution in [2.75, 3.05) is 65.4 Å². The zero-order chi connectivity index (χ0) is 61.8. The number of carbonyl (C=O) groups is 4. The van der Waals surface area contributed by atoms with Crippen LogP contribution in [0, 0.1) is 20.2 Å². The highest BCUT2D eigenvalue weighted by Gasteiger charge is 2.39. The van der Waals surface area contributed by atoms with E-state index >= 15 is 0 Å². The molecule has 0 saturated heterocycles. The number of nitrogens with two attached hydrogens (primary N) is 1. The number of aromatic nitrogens is 6. The molecular formula is C66H51N11O12. The molecule has 11 aromatic rings. The van der Waals surface area contributed by atoms with Crippen LogP contribution in [0.5, 0.6) is 0 Å². The van der Waals surface area contributed by atoms with Gasteiger partial charge in [-0.25, -0.2) is 4.68 Å². The quantitative estimate of drug-likeness (QED) is 0.0361. The smallest absolute Gasteiger partial charge is 0.281 e. The first kappa shape index (κ1) is 56.9. The summed E-state index contributed by atoms with van der Waals surface area (Å²) >= 11 is 0. The average molecular weight is 1190 g/mol. The van der Waals surface area contributed by atoms with Crippen LogP contribution in [-0.4, -0.2) is 123 Å². The molecule has 4 heterocycles. The number of nitrogen functional groups attached to an aromatic ring is 1. The lowest BCUT2D eigenvalue weighted by atomic mass is 9.81. The summed E-state index contributed by atoms with van der Waals surface area (Å²) in [5.41, 5.74) is 20.8. The number of aromatic amines is 2. The van der Waals surface area contributed by atoms with Crippen LogP contribution < -0.4 is 11.1 Å². The average Bonchev–Trinajstić information content (AvgIpc) is 2.05. The number of methoxy groups -OCH3 is 2. The molecule has 5 N–H and O–H groups in total. The number of benzene rings is 8. The molecule has 16 rings (SSSR count). The maximum atomic E-state index is 12.9. The number of fused-ring (bicyclic) bond motifs is 8. The van der Waals surface area contributed by atoms with Gasteiger partial charge in [0.2, 0.25) is 11.6 Å². The van der Waals surface area contributed by atoms with Crippen molar-refractivity contribution in [3.8, 4) is 33.8 Å². The molecule has 23 nitrogen and oxygen atoms in total. The molecule has 0 fully saturated rings. The number of hydrogen-bond donors (Lipinski definition) is 4. The highest BCUT2D eigenvalue weighted by Crippen LogP contribution is 2.46. The largest absolute Gasteiger partial charge is 0.398 e. The lowest BCUT2D eigenvalue weighted by Crippen LogP contribution is -2.22. The second-order valence-electron chi connectivity index (χ2n) is 21.0. The van der Waals surface area contributed by atoms with Gasteiger partial charge < -0.3 is 30.0 Å². The van der Waals surface area contributed by atoms with Crippen molar-refractivity contribution >= 4 is 84.3 Å². The lowest BCUT2D eigenvalue weighted by molar-refractivity contribution is -0.385. The molecule has 5 aliphatic rings. The third-order valence-electron chi connectivity index (χ3n) is 16.1. The minimum absolute atomic E-state index is 0.0279. The SMILES string of the molecule is CNc1ccc2[nH]nc3c2c1C(=O)c1ccccc1-3.COCCOCC1N=C2c3ccccc3C(=O)c3c(N)ccc1c32.COCCOCn1nc2c3c(c([N+](=O)[O-])ccc31)C(=O)c1ccccc1-2.O=C1c2ccccc2-c2n[nH]c3ccc([N+](=O)[O-])c1c23. The second-order valence-corrected chi connectivity index (χ2v) is 21.0. The van der Waals surface area contributed by atoms with Crippen LogP contribution in [0.3, 0.4) is 0 Å². The molecule has 89 heavy (non-hydrogen) atoms. The molecule has 0 saturated carbocycles. The summed E-state index contributed by atoms with van der Waals surface area (Å²) in [4.78, 5) is 77.5. The van der Waals surface area contributed by atoms with E-state index in [2.05, 4.69) is 30.8 Å². The zero-order valence-corrected chi connectivity index (χ0v) is 47.8. The molecule has 8 aromatic carbocycles. The Bertz CT molecular complexity index is 4850. The number of anilines is 2. The topological polar surface area (TPSA) is 317 Å². The number of ketones is 4. The Balaban J connectivity index is 0.000000110. The summed E-state index contributed by atoms with van der Waals surface area (Å²) in [7, 11) is 5.05. The number of H-pyrrole nitrogens is 2. The van der Waals surface area contributed by atoms with E-state index in [-0.39, 0.29) is 58.4 Å². The summed E-state index contributed by atoms with van der Waals surface area (Å²) in [6.45, 7) is 2.52. The first-order valence-electron chi connectivity index (χ1n) is 28.1. The minimum Gasteiger partial charge on any atom is -0.398 e. The van der Waals surface area contributed by atoms with Gasteiger partial charge in [-0.2, -0.15) is 15.3 Å². The zero-order valence-electron chi connectivity index (χ0n) is 47.8. The summed E-state index contributed by atoms with van der Waals surface area (Å²) in [6.07, 6.45) is 0. The second kappa shape index (κ2) is 23.2. The van der Waals surface area contributed by atoms with Crippen molar-refractivity contribution in [2.24, 2.45) is 4.99 Å². The number of rotatable bonds is 13. The van der Waals surface area contributed by atoms with Gasteiger partial charge in [0.25, 0.3) is 11.4 Å². The lowest BCUT2D eigenvalue weighted by Gasteiger charge is -2.20. The van der Waals surface area contributed by atoms with Crippen molar-refractivity contribution in [1.29, 1.82) is 0 Å². The van der Waals surface area contributed by atoms with E-state index in [1.807, 2.05) is 85.9 Å². The Morgan fingerprint density at radius 1 is 0.528 bits per heavy atom. The minimum atomic E-state index is -0.531. The molecule has 23 heteroatoms. The highest BCUT2D eigenvalue weighted by atomic mass is 16.6. The number of ether oxygens (including phenoxy) is 4. The highest BCUT2D eigenvalue weighted by molar-refractivity contribution is 6.33. The first-order chi connectivity index (χ1) is 43.3.